The summed E-state index contributed by atoms with van der Waals surface area (Å²) >= 11 is 0. The van der Waals surface area contributed by atoms with E-state index in [1.807, 2.05) is 0 Å². The molecule has 0 bridgehead atoms. The summed E-state index contributed by atoms with van der Waals surface area (Å²) in [6, 6.07) is 0. The van der Waals surface area contributed by atoms with Gasteiger partial charge in [0.1, 0.15) is 0 Å². The van der Waals surface area contributed by atoms with E-state index in [0.717, 1.165) is 0 Å². The van der Waals surface area contributed by atoms with Crippen LogP contribution in [0.25, 0.3) is 0 Å². The second-order valence-corrected chi connectivity index (χ2v) is 2.68. The van der Waals surface area contributed by atoms with Crippen LogP contribution in [0.4, 0.5) is 0 Å². The van der Waals surface area contributed by atoms with E-state index in [4.69, 9.17) is 19.9 Å². The molecule has 2 N–H and O–H groups in total. The Kier molecular flexibility index (Phi) is 7.39. The van der Waals surface area contributed by atoms with E-state index in [-0.39, 0.29) is 12.0 Å². The quantitative estimate of drug-likeness (QED) is 0.588. The first-order chi connectivity index (χ1) is 5.79. The number of hydrogen-bond donors (Lipinski definition) is 1. The third-order valence-electron chi connectivity index (χ3n) is 1.84. The molecule has 0 amide bonds. The van der Waals surface area contributed by atoms with Gasteiger partial charge in [0.2, 0.25) is 0 Å². The van der Waals surface area contributed by atoms with Crippen molar-refractivity contribution >= 4 is 0 Å². The maximum atomic E-state index is 5.55. The third kappa shape index (κ3) is 4.01. The van der Waals surface area contributed by atoms with Crippen molar-refractivity contribution < 1.29 is 14.2 Å². The van der Waals surface area contributed by atoms with Crippen molar-refractivity contribution in [2.45, 2.75) is 6.10 Å². The fourth-order valence-electron chi connectivity index (χ4n) is 1.10. The van der Waals surface area contributed by atoms with Gasteiger partial charge in [-0.2, -0.15) is 0 Å². The van der Waals surface area contributed by atoms with Gasteiger partial charge < -0.3 is 19.9 Å². The van der Waals surface area contributed by atoms with E-state index in [0.29, 0.717) is 19.8 Å². The SMILES string of the molecule is COCC(CN)C(COC)OC. The van der Waals surface area contributed by atoms with Crippen molar-refractivity contribution in [3.63, 3.8) is 0 Å². The van der Waals surface area contributed by atoms with Crippen molar-refractivity contribution in [2.24, 2.45) is 11.7 Å². The minimum atomic E-state index is 0.0277. The molecule has 0 aliphatic heterocycles. The smallest absolute Gasteiger partial charge is 0.0866 e. The summed E-state index contributed by atoms with van der Waals surface area (Å²) in [5.74, 6) is 0.208. The fraction of sp³-hybridized carbons (Fsp3) is 1.00. The zero-order valence-electron chi connectivity index (χ0n) is 8.08. The minimum Gasteiger partial charge on any atom is -0.384 e. The Labute approximate surface area is 74.0 Å². The van der Waals surface area contributed by atoms with Gasteiger partial charge in [-0.3, -0.25) is 0 Å². The van der Waals surface area contributed by atoms with E-state index in [2.05, 4.69) is 0 Å². The number of ether oxygens (including phenoxy) is 3. The molecule has 74 valence electrons. The summed E-state index contributed by atoms with van der Waals surface area (Å²) < 4.78 is 15.2. The van der Waals surface area contributed by atoms with Crippen LogP contribution in [0.3, 0.4) is 0 Å². The molecular weight excluding hydrogens is 158 g/mol. The van der Waals surface area contributed by atoms with E-state index >= 15 is 0 Å². The molecule has 0 aromatic rings. The molecule has 0 radical (unpaired) electrons. The molecule has 0 saturated heterocycles. The van der Waals surface area contributed by atoms with Gasteiger partial charge in [-0.05, 0) is 6.54 Å². The normalized spacial score (nSPS) is 16.0. The summed E-state index contributed by atoms with van der Waals surface area (Å²) in [6.07, 6.45) is 0.0277. The lowest BCUT2D eigenvalue weighted by Gasteiger charge is -2.23. The second-order valence-electron chi connectivity index (χ2n) is 2.68. The summed E-state index contributed by atoms with van der Waals surface area (Å²) in [5.41, 5.74) is 5.55. The van der Waals surface area contributed by atoms with Crippen molar-refractivity contribution in [3.8, 4) is 0 Å². The van der Waals surface area contributed by atoms with Crippen LogP contribution in [0.15, 0.2) is 0 Å². The van der Waals surface area contributed by atoms with Gasteiger partial charge in [-0.25, -0.2) is 0 Å². The molecule has 2 unspecified atom stereocenters. The predicted octanol–water partition coefficient (Wildman–Crippen LogP) is -0.131. The molecule has 0 spiro atoms. The standard InChI is InChI=1S/C8H19NO3/c1-10-5-7(4-9)8(12-3)6-11-2/h7-8H,4-6,9H2,1-3H3. The Morgan fingerprint density at radius 2 is 1.67 bits per heavy atom. The Balaban J connectivity index is 3.84. The third-order valence-corrected chi connectivity index (χ3v) is 1.84. The first-order valence-electron chi connectivity index (χ1n) is 4.00. The topological polar surface area (TPSA) is 53.7 Å². The molecule has 2 atom stereocenters. The molecule has 0 aliphatic carbocycles. The molecule has 0 aromatic carbocycles. The molecule has 0 rings (SSSR count). The highest BCUT2D eigenvalue weighted by Crippen LogP contribution is 2.06. The van der Waals surface area contributed by atoms with E-state index < -0.39 is 0 Å². The fourth-order valence-corrected chi connectivity index (χ4v) is 1.10. The van der Waals surface area contributed by atoms with Crippen LogP contribution in [0, 0.1) is 5.92 Å². The van der Waals surface area contributed by atoms with Crippen LogP contribution < -0.4 is 5.73 Å². The van der Waals surface area contributed by atoms with Crippen LogP contribution in [-0.2, 0) is 14.2 Å². The van der Waals surface area contributed by atoms with E-state index in [9.17, 15) is 0 Å². The van der Waals surface area contributed by atoms with Gasteiger partial charge in [-0.15, -0.1) is 0 Å². The Morgan fingerprint density at radius 3 is 2.00 bits per heavy atom. The monoisotopic (exact) mass is 177 g/mol. The van der Waals surface area contributed by atoms with Crippen molar-refractivity contribution in [3.05, 3.63) is 0 Å². The molecule has 0 saturated carbocycles. The summed E-state index contributed by atoms with van der Waals surface area (Å²) in [4.78, 5) is 0. The highest BCUT2D eigenvalue weighted by molar-refractivity contribution is 4.70. The Hall–Kier alpha value is -0.160. The molecule has 4 nitrogen and oxygen atoms in total. The van der Waals surface area contributed by atoms with Crippen molar-refractivity contribution in [1.82, 2.24) is 0 Å². The largest absolute Gasteiger partial charge is 0.384 e. The zero-order valence-corrected chi connectivity index (χ0v) is 8.08. The minimum absolute atomic E-state index is 0.0277. The molecule has 0 heterocycles. The van der Waals surface area contributed by atoms with Crippen LogP contribution in [0.1, 0.15) is 0 Å². The lowest BCUT2D eigenvalue weighted by molar-refractivity contribution is -0.0269. The van der Waals surface area contributed by atoms with E-state index in [1.54, 1.807) is 21.3 Å². The Morgan fingerprint density at radius 1 is 1.08 bits per heavy atom. The first-order valence-corrected chi connectivity index (χ1v) is 4.00. The number of hydrogen-bond acceptors (Lipinski definition) is 4. The summed E-state index contributed by atoms with van der Waals surface area (Å²) in [7, 11) is 4.95. The molecule has 0 aliphatic rings. The highest BCUT2D eigenvalue weighted by Gasteiger charge is 2.19. The first kappa shape index (κ1) is 11.8. The van der Waals surface area contributed by atoms with Gasteiger partial charge >= 0.3 is 0 Å². The van der Waals surface area contributed by atoms with Crippen molar-refractivity contribution in [2.75, 3.05) is 41.1 Å². The number of rotatable bonds is 7. The zero-order chi connectivity index (χ0) is 9.40. The Bertz CT molecular complexity index is 88.3. The van der Waals surface area contributed by atoms with E-state index in [1.165, 1.54) is 0 Å². The van der Waals surface area contributed by atoms with Gasteiger partial charge in [0.25, 0.3) is 0 Å². The summed E-state index contributed by atoms with van der Waals surface area (Å²) in [5, 5.41) is 0. The van der Waals surface area contributed by atoms with Crippen LogP contribution in [0.2, 0.25) is 0 Å². The van der Waals surface area contributed by atoms with Gasteiger partial charge in [-0.1, -0.05) is 0 Å². The maximum Gasteiger partial charge on any atom is 0.0866 e. The van der Waals surface area contributed by atoms with Crippen LogP contribution >= 0.6 is 0 Å². The lowest BCUT2D eigenvalue weighted by Crippen LogP contribution is -2.36. The van der Waals surface area contributed by atoms with Gasteiger partial charge in [0, 0.05) is 27.2 Å². The van der Waals surface area contributed by atoms with Crippen LogP contribution in [0.5, 0.6) is 0 Å². The van der Waals surface area contributed by atoms with Gasteiger partial charge in [0.05, 0.1) is 19.3 Å². The molecule has 12 heavy (non-hydrogen) atoms. The molecule has 0 fully saturated rings. The highest BCUT2D eigenvalue weighted by atomic mass is 16.5. The molecule has 0 aromatic heterocycles. The predicted molar refractivity (Wildman–Crippen MR) is 47.1 cm³/mol. The number of nitrogens with two attached hydrogens (primary N) is 1. The summed E-state index contributed by atoms with van der Waals surface area (Å²) in [6.45, 7) is 1.72. The second kappa shape index (κ2) is 7.49. The van der Waals surface area contributed by atoms with Crippen molar-refractivity contribution in [1.29, 1.82) is 0 Å². The maximum absolute atomic E-state index is 5.55. The average molecular weight is 177 g/mol. The van der Waals surface area contributed by atoms with Gasteiger partial charge in [0.15, 0.2) is 0 Å². The molecule has 4 heteroatoms. The molecular formula is C8H19NO3. The lowest BCUT2D eigenvalue weighted by atomic mass is 10.0. The van der Waals surface area contributed by atoms with Crippen LogP contribution in [-0.4, -0.2) is 47.2 Å². The average Bonchev–Trinajstić information content (AvgIpc) is 2.11. The number of methoxy groups -OCH3 is 3.